The van der Waals surface area contributed by atoms with Gasteiger partial charge < -0.3 is 14.9 Å². The average molecular weight is 186 g/mol. The van der Waals surface area contributed by atoms with Gasteiger partial charge in [-0.25, -0.2) is 0 Å². The highest BCUT2D eigenvalue weighted by atomic mass is 16.5. The molecular formula is C9H14O4. The molecule has 0 aliphatic heterocycles. The van der Waals surface area contributed by atoms with Crippen molar-refractivity contribution in [1.29, 1.82) is 0 Å². The van der Waals surface area contributed by atoms with Crippen LogP contribution in [0.4, 0.5) is 0 Å². The number of rotatable bonds is 2. The van der Waals surface area contributed by atoms with Crippen LogP contribution in [-0.4, -0.2) is 35.0 Å². The van der Waals surface area contributed by atoms with E-state index < -0.39 is 12.2 Å². The zero-order valence-corrected chi connectivity index (χ0v) is 7.56. The van der Waals surface area contributed by atoms with Crippen molar-refractivity contribution in [3.63, 3.8) is 0 Å². The van der Waals surface area contributed by atoms with Crippen molar-refractivity contribution in [1.82, 2.24) is 0 Å². The second kappa shape index (κ2) is 2.69. The number of fused-ring (bicyclic) bond motifs is 1. The van der Waals surface area contributed by atoms with Gasteiger partial charge in [-0.05, 0) is 12.3 Å². The van der Waals surface area contributed by atoms with Crippen LogP contribution in [0.15, 0.2) is 0 Å². The van der Waals surface area contributed by atoms with Crippen molar-refractivity contribution >= 4 is 5.97 Å². The first-order valence-corrected chi connectivity index (χ1v) is 4.56. The lowest BCUT2D eigenvalue weighted by Crippen LogP contribution is -2.25. The first-order chi connectivity index (χ1) is 6.06. The Morgan fingerprint density at radius 3 is 2.69 bits per heavy atom. The molecule has 0 aromatic heterocycles. The number of aliphatic hydroxyl groups excluding tert-OH is 2. The minimum absolute atomic E-state index is 0.141. The molecular weight excluding hydrogens is 172 g/mol. The molecule has 13 heavy (non-hydrogen) atoms. The molecule has 4 heteroatoms. The predicted molar refractivity (Wildman–Crippen MR) is 43.8 cm³/mol. The average Bonchev–Trinajstić information content (AvgIpc) is 2.71. The minimum Gasteiger partial charge on any atom is -0.465 e. The second-order valence-electron chi connectivity index (χ2n) is 4.14. The van der Waals surface area contributed by atoms with Gasteiger partial charge in [0.15, 0.2) is 0 Å². The van der Waals surface area contributed by atoms with Crippen LogP contribution in [0.25, 0.3) is 0 Å². The van der Waals surface area contributed by atoms with Crippen LogP contribution in [-0.2, 0) is 9.53 Å². The highest BCUT2D eigenvalue weighted by molar-refractivity contribution is 5.66. The van der Waals surface area contributed by atoms with Crippen LogP contribution in [0, 0.1) is 11.3 Å². The molecule has 4 nitrogen and oxygen atoms in total. The third-order valence-electron chi connectivity index (χ3n) is 3.32. The summed E-state index contributed by atoms with van der Waals surface area (Å²) in [5.74, 6) is -0.185. The molecule has 2 aliphatic rings. The second-order valence-corrected chi connectivity index (χ2v) is 4.14. The molecule has 2 saturated carbocycles. The Kier molecular flexibility index (Phi) is 1.85. The standard InChI is InChI=1S/C9H14O4/c1-5(10)13-4-9-3-6(9)7(11)2-8(9)12/h6-8,11-12H,2-4H2,1H3. The van der Waals surface area contributed by atoms with Gasteiger partial charge in [0.25, 0.3) is 0 Å². The lowest BCUT2D eigenvalue weighted by molar-refractivity contribution is -0.144. The Hall–Kier alpha value is -0.610. The highest BCUT2D eigenvalue weighted by Gasteiger charge is 2.67. The highest BCUT2D eigenvalue weighted by Crippen LogP contribution is 2.63. The molecule has 0 radical (unpaired) electrons. The maximum absolute atomic E-state index is 10.6. The van der Waals surface area contributed by atoms with Crippen LogP contribution in [0.2, 0.25) is 0 Å². The Morgan fingerprint density at radius 1 is 1.62 bits per heavy atom. The number of hydrogen-bond acceptors (Lipinski definition) is 4. The van der Waals surface area contributed by atoms with E-state index in [9.17, 15) is 15.0 Å². The van der Waals surface area contributed by atoms with Crippen LogP contribution in [0.5, 0.6) is 0 Å². The zero-order valence-electron chi connectivity index (χ0n) is 7.56. The van der Waals surface area contributed by atoms with E-state index in [1.54, 1.807) is 0 Å². The monoisotopic (exact) mass is 186 g/mol. The van der Waals surface area contributed by atoms with Gasteiger partial charge in [0.1, 0.15) is 0 Å². The lowest BCUT2D eigenvalue weighted by atomic mass is 10.0. The SMILES string of the molecule is CC(=O)OCC12CC1C(O)CC2O. The molecule has 74 valence electrons. The van der Waals surface area contributed by atoms with Crippen LogP contribution in [0.3, 0.4) is 0 Å². The van der Waals surface area contributed by atoms with E-state index in [0.29, 0.717) is 6.42 Å². The molecule has 4 atom stereocenters. The first kappa shape index (κ1) is 8.97. The fraction of sp³-hybridized carbons (Fsp3) is 0.889. The van der Waals surface area contributed by atoms with E-state index in [1.165, 1.54) is 6.92 Å². The number of esters is 1. The lowest BCUT2D eigenvalue weighted by Gasteiger charge is -2.16. The summed E-state index contributed by atoms with van der Waals surface area (Å²) in [5.41, 5.74) is -0.314. The van der Waals surface area contributed by atoms with Crippen LogP contribution in [0.1, 0.15) is 19.8 Å². The van der Waals surface area contributed by atoms with E-state index >= 15 is 0 Å². The molecule has 0 saturated heterocycles. The molecule has 2 rings (SSSR count). The van der Waals surface area contributed by atoms with Gasteiger partial charge in [-0.2, -0.15) is 0 Å². The topological polar surface area (TPSA) is 66.8 Å². The molecule has 0 heterocycles. The summed E-state index contributed by atoms with van der Waals surface area (Å²) < 4.78 is 4.88. The number of ether oxygens (including phenoxy) is 1. The number of aliphatic hydroxyl groups is 2. The summed E-state index contributed by atoms with van der Waals surface area (Å²) in [6.07, 6.45) is 0.284. The fourth-order valence-electron chi connectivity index (χ4n) is 2.38. The Bertz CT molecular complexity index is 236. The van der Waals surface area contributed by atoms with Crippen molar-refractivity contribution in [3.8, 4) is 0 Å². The molecule has 0 aromatic carbocycles. The van der Waals surface area contributed by atoms with Gasteiger partial charge in [-0.15, -0.1) is 0 Å². The molecule has 2 fully saturated rings. The molecule has 0 spiro atoms. The van der Waals surface area contributed by atoms with Gasteiger partial charge in [0.05, 0.1) is 18.8 Å². The Morgan fingerprint density at radius 2 is 2.31 bits per heavy atom. The van der Waals surface area contributed by atoms with Gasteiger partial charge in [0.2, 0.25) is 0 Å². The number of hydrogen-bond donors (Lipinski definition) is 2. The Balaban J connectivity index is 1.96. The summed E-state index contributed by atoms with van der Waals surface area (Å²) in [5, 5.41) is 19.1. The van der Waals surface area contributed by atoms with Crippen LogP contribution < -0.4 is 0 Å². The van der Waals surface area contributed by atoms with Gasteiger partial charge >= 0.3 is 5.97 Å². The van der Waals surface area contributed by atoms with Crippen molar-refractivity contribution in [2.24, 2.45) is 11.3 Å². The molecule has 0 amide bonds. The summed E-state index contributed by atoms with van der Waals surface area (Å²) >= 11 is 0. The molecule has 2 aliphatic carbocycles. The fourth-order valence-corrected chi connectivity index (χ4v) is 2.38. The van der Waals surface area contributed by atoms with E-state index in [2.05, 4.69) is 0 Å². The zero-order chi connectivity index (χ0) is 9.64. The minimum atomic E-state index is -0.508. The number of carbonyl (C=O) groups excluding carboxylic acids is 1. The molecule has 4 unspecified atom stereocenters. The third-order valence-corrected chi connectivity index (χ3v) is 3.32. The molecule has 0 bridgehead atoms. The first-order valence-electron chi connectivity index (χ1n) is 4.56. The predicted octanol–water partition coefficient (Wildman–Crippen LogP) is -0.319. The summed E-state index contributed by atoms with van der Waals surface area (Å²) in [6, 6.07) is 0. The van der Waals surface area contributed by atoms with Crippen molar-refractivity contribution in [2.75, 3.05) is 6.61 Å². The quantitative estimate of drug-likeness (QED) is 0.580. The smallest absolute Gasteiger partial charge is 0.302 e. The third kappa shape index (κ3) is 1.25. The molecule has 2 N–H and O–H groups in total. The maximum atomic E-state index is 10.6. The summed E-state index contributed by atoms with van der Waals surface area (Å²) in [6.45, 7) is 1.61. The van der Waals surface area contributed by atoms with E-state index in [4.69, 9.17) is 4.74 Å². The van der Waals surface area contributed by atoms with Crippen molar-refractivity contribution in [3.05, 3.63) is 0 Å². The molecule has 0 aromatic rings. The summed E-state index contributed by atoms with van der Waals surface area (Å²) in [7, 11) is 0. The number of carbonyl (C=O) groups is 1. The van der Waals surface area contributed by atoms with Crippen LogP contribution >= 0.6 is 0 Å². The van der Waals surface area contributed by atoms with Crippen molar-refractivity contribution in [2.45, 2.75) is 32.0 Å². The van der Waals surface area contributed by atoms with E-state index in [0.717, 1.165) is 6.42 Å². The maximum Gasteiger partial charge on any atom is 0.302 e. The van der Waals surface area contributed by atoms with Gasteiger partial charge in [0, 0.05) is 18.8 Å². The Labute approximate surface area is 76.5 Å². The van der Waals surface area contributed by atoms with E-state index in [-0.39, 0.29) is 23.9 Å². The normalized spacial score (nSPS) is 47.2. The van der Waals surface area contributed by atoms with Crippen molar-refractivity contribution < 1.29 is 19.7 Å². The van der Waals surface area contributed by atoms with Gasteiger partial charge in [-0.3, -0.25) is 4.79 Å². The van der Waals surface area contributed by atoms with Gasteiger partial charge in [-0.1, -0.05) is 0 Å². The summed E-state index contributed by atoms with van der Waals surface area (Å²) in [4.78, 5) is 10.6. The van der Waals surface area contributed by atoms with E-state index in [1.807, 2.05) is 0 Å². The largest absolute Gasteiger partial charge is 0.465 e.